The lowest BCUT2D eigenvalue weighted by Gasteiger charge is -2.55. The molecular weight excluding hydrogens is 408 g/mol. The summed E-state index contributed by atoms with van der Waals surface area (Å²) >= 11 is 0. The molecule has 33 heavy (non-hydrogen) atoms. The Kier molecular flexibility index (Phi) is 5.13. The number of ether oxygens (including phenoxy) is 1. The van der Waals surface area contributed by atoms with Crippen LogP contribution in [0.3, 0.4) is 0 Å². The molecule has 1 saturated heterocycles. The third-order valence-electron chi connectivity index (χ3n) is 7.88. The zero-order chi connectivity index (χ0) is 22.6. The fraction of sp³-hybridized carbons (Fsp3) is 0.536. The molecule has 1 atom stereocenters. The number of hydrogen-bond donors (Lipinski definition) is 2. The number of fused-ring (bicyclic) bond motifs is 3. The van der Waals surface area contributed by atoms with Crippen LogP contribution < -0.4 is 15.4 Å². The highest BCUT2D eigenvalue weighted by molar-refractivity contribution is 5.86. The summed E-state index contributed by atoms with van der Waals surface area (Å²) in [7, 11) is 0. The molecule has 0 unspecified atom stereocenters. The average Bonchev–Trinajstić information content (AvgIpc) is 3.08. The molecule has 0 amide bonds. The van der Waals surface area contributed by atoms with E-state index >= 15 is 0 Å². The normalized spacial score (nSPS) is 21.5. The van der Waals surface area contributed by atoms with Crippen molar-refractivity contribution in [1.29, 1.82) is 0 Å². The Bertz CT molecular complexity index is 1170. The number of imidazole rings is 1. The van der Waals surface area contributed by atoms with Gasteiger partial charge in [-0.25, -0.2) is 4.98 Å². The first-order valence-corrected chi connectivity index (χ1v) is 12.8. The molecule has 5 nitrogen and oxygen atoms in total. The first-order valence-electron chi connectivity index (χ1n) is 12.8. The summed E-state index contributed by atoms with van der Waals surface area (Å²) < 4.78 is 8.53. The van der Waals surface area contributed by atoms with Crippen molar-refractivity contribution < 1.29 is 4.74 Å². The number of rotatable bonds is 6. The maximum Gasteiger partial charge on any atom is 0.119 e. The minimum absolute atomic E-state index is 0.193. The van der Waals surface area contributed by atoms with Gasteiger partial charge in [0.25, 0.3) is 0 Å². The molecule has 2 N–H and O–H groups in total. The van der Waals surface area contributed by atoms with Gasteiger partial charge in [0.2, 0.25) is 0 Å². The van der Waals surface area contributed by atoms with Gasteiger partial charge in [0.05, 0.1) is 17.1 Å². The lowest BCUT2D eigenvalue weighted by atomic mass is 9.61. The van der Waals surface area contributed by atoms with Crippen LogP contribution in [0.1, 0.15) is 63.0 Å². The van der Waals surface area contributed by atoms with Gasteiger partial charge >= 0.3 is 0 Å². The molecule has 1 spiro atoms. The standard InChI is InChI=1S/C28H36N4O/c1-18(2)33-22-6-4-5-20(13-22)8-12-26-31-27-23-9-7-19(3)30-24(23)10-11-25(27)32(26)21-14-28(15-21)16-29-17-28/h4-6,10-11,13,18-19,21,29-30H,7-9,12,14-17H2,1-3H3/t19-/m0/s1. The van der Waals surface area contributed by atoms with Gasteiger partial charge in [-0.2, -0.15) is 0 Å². The van der Waals surface area contributed by atoms with Crippen molar-refractivity contribution in [3.8, 4) is 5.75 Å². The molecule has 3 aromatic rings. The number of benzene rings is 2. The molecule has 3 aliphatic rings. The molecule has 2 aromatic carbocycles. The van der Waals surface area contributed by atoms with Gasteiger partial charge < -0.3 is 19.9 Å². The second-order valence-corrected chi connectivity index (χ2v) is 10.9. The molecule has 1 aliphatic carbocycles. The van der Waals surface area contributed by atoms with Crippen LogP contribution in [0, 0.1) is 5.41 Å². The van der Waals surface area contributed by atoms with Gasteiger partial charge in [0.15, 0.2) is 0 Å². The molecular formula is C28H36N4O. The molecule has 0 bridgehead atoms. The average molecular weight is 445 g/mol. The van der Waals surface area contributed by atoms with E-state index in [-0.39, 0.29) is 6.10 Å². The van der Waals surface area contributed by atoms with E-state index in [0.717, 1.165) is 25.0 Å². The number of anilines is 1. The van der Waals surface area contributed by atoms with Crippen molar-refractivity contribution >= 4 is 16.7 Å². The van der Waals surface area contributed by atoms with Crippen LogP contribution in [0.5, 0.6) is 5.75 Å². The highest BCUT2D eigenvalue weighted by Crippen LogP contribution is 2.52. The Morgan fingerprint density at radius 1 is 1.15 bits per heavy atom. The summed E-state index contributed by atoms with van der Waals surface area (Å²) in [6.07, 6.45) is 6.99. The summed E-state index contributed by atoms with van der Waals surface area (Å²) in [5.41, 5.74) is 7.13. The Labute approximate surface area is 196 Å². The smallest absolute Gasteiger partial charge is 0.119 e. The first kappa shape index (κ1) is 21.0. The minimum atomic E-state index is 0.193. The second-order valence-electron chi connectivity index (χ2n) is 10.9. The van der Waals surface area contributed by atoms with Crippen LogP contribution in [-0.4, -0.2) is 34.8 Å². The third-order valence-corrected chi connectivity index (χ3v) is 7.88. The predicted molar refractivity (Wildman–Crippen MR) is 134 cm³/mol. The van der Waals surface area contributed by atoms with E-state index in [4.69, 9.17) is 9.72 Å². The number of aromatic nitrogens is 2. The second kappa shape index (κ2) is 8.05. The summed E-state index contributed by atoms with van der Waals surface area (Å²) in [6.45, 7) is 8.80. The zero-order valence-corrected chi connectivity index (χ0v) is 20.2. The van der Waals surface area contributed by atoms with Gasteiger partial charge in [-0.1, -0.05) is 12.1 Å². The van der Waals surface area contributed by atoms with Crippen LogP contribution in [-0.2, 0) is 19.3 Å². The lowest BCUT2D eigenvalue weighted by Crippen LogP contribution is -2.60. The maximum atomic E-state index is 5.92. The van der Waals surface area contributed by atoms with Crippen LogP contribution >= 0.6 is 0 Å². The van der Waals surface area contributed by atoms with Crippen molar-refractivity contribution in [2.75, 3.05) is 18.4 Å². The quantitative estimate of drug-likeness (QED) is 0.543. The lowest BCUT2D eigenvalue weighted by molar-refractivity contribution is 0.00810. The van der Waals surface area contributed by atoms with Gasteiger partial charge in [0, 0.05) is 42.8 Å². The van der Waals surface area contributed by atoms with E-state index in [9.17, 15) is 0 Å². The monoisotopic (exact) mass is 444 g/mol. The van der Waals surface area contributed by atoms with Crippen molar-refractivity contribution in [3.63, 3.8) is 0 Å². The van der Waals surface area contributed by atoms with Gasteiger partial charge in [0.1, 0.15) is 11.6 Å². The molecule has 3 heterocycles. The number of aryl methyl sites for hydroxylation is 3. The van der Waals surface area contributed by atoms with Crippen molar-refractivity contribution in [2.24, 2.45) is 5.41 Å². The van der Waals surface area contributed by atoms with Crippen molar-refractivity contribution in [2.45, 2.75) is 77.5 Å². The summed E-state index contributed by atoms with van der Waals surface area (Å²) in [4.78, 5) is 5.31. The number of hydrogen-bond acceptors (Lipinski definition) is 4. The van der Waals surface area contributed by atoms with Gasteiger partial charge in [-0.05, 0) is 88.1 Å². The summed E-state index contributed by atoms with van der Waals surface area (Å²) in [6, 6.07) is 14.3. The first-order chi connectivity index (χ1) is 16.0. The molecule has 1 aromatic heterocycles. The Morgan fingerprint density at radius 2 is 2.00 bits per heavy atom. The summed E-state index contributed by atoms with van der Waals surface area (Å²) in [5.74, 6) is 2.21. The SMILES string of the molecule is CC(C)Oc1cccc(CCc2nc3c4c(ccc3n2C2CC3(CNC3)C2)N[C@@H](C)CC4)c1. The van der Waals surface area contributed by atoms with Crippen molar-refractivity contribution in [3.05, 3.63) is 53.3 Å². The fourth-order valence-corrected chi connectivity index (χ4v) is 6.13. The van der Waals surface area contributed by atoms with Gasteiger partial charge in [-0.3, -0.25) is 0 Å². The Balaban J connectivity index is 1.32. The Hall–Kier alpha value is -2.53. The Morgan fingerprint density at radius 3 is 2.76 bits per heavy atom. The molecule has 2 fully saturated rings. The molecule has 5 heteroatoms. The molecule has 2 aliphatic heterocycles. The largest absolute Gasteiger partial charge is 0.491 e. The third kappa shape index (κ3) is 3.80. The molecule has 1 saturated carbocycles. The molecule has 6 rings (SSSR count). The zero-order valence-electron chi connectivity index (χ0n) is 20.2. The highest BCUT2D eigenvalue weighted by atomic mass is 16.5. The predicted octanol–water partition coefficient (Wildman–Crippen LogP) is 5.28. The van der Waals surface area contributed by atoms with Gasteiger partial charge in [-0.15, -0.1) is 0 Å². The summed E-state index contributed by atoms with van der Waals surface area (Å²) in [5, 5.41) is 7.16. The van der Waals surface area contributed by atoms with E-state index in [1.54, 1.807) is 0 Å². The molecule has 174 valence electrons. The van der Waals surface area contributed by atoms with Crippen LogP contribution in [0.25, 0.3) is 11.0 Å². The number of nitrogens with one attached hydrogen (secondary N) is 2. The van der Waals surface area contributed by atoms with E-state index < -0.39 is 0 Å². The maximum absolute atomic E-state index is 5.92. The topological polar surface area (TPSA) is 51.1 Å². The van der Waals surface area contributed by atoms with Crippen molar-refractivity contribution in [1.82, 2.24) is 14.9 Å². The van der Waals surface area contributed by atoms with Crippen LogP contribution in [0.15, 0.2) is 36.4 Å². The van der Waals surface area contributed by atoms with E-state index in [0.29, 0.717) is 17.5 Å². The van der Waals surface area contributed by atoms with E-state index in [1.165, 1.54) is 66.0 Å². The fourth-order valence-electron chi connectivity index (χ4n) is 6.13. The van der Waals surface area contributed by atoms with E-state index in [2.05, 4.69) is 72.4 Å². The molecule has 0 radical (unpaired) electrons. The minimum Gasteiger partial charge on any atom is -0.491 e. The van der Waals surface area contributed by atoms with Crippen LogP contribution in [0.2, 0.25) is 0 Å². The van der Waals surface area contributed by atoms with E-state index in [1.807, 2.05) is 0 Å². The number of nitrogens with zero attached hydrogens (tertiary/aromatic N) is 2. The van der Waals surface area contributed by atoms with Crippen LogP contribution in [0.4, 0.5) is 5.69 Å². The highest BCUT2D eigenvalue weighted by Gasteiger charge is 2.49.